The highest BCUT2D eigenvalue weighted by atomic mass is 32.2. The Hall–Kier alpha value is -3.99. The first-order chi connectivity index (χ1) is 16.8. The Kier molecular flexibility index (Phi) is 5.64. The third-order valence-electron chi connectivity index (χ3n) is 5.73. The number of nitrogens with zero attached hydrogens (tertiary/aromatic N) is 5. The highest BCUT2D eigenvalue weighted by molar-refractivity contribution is 7.90. The Balaban J connectivity index is 1.72. The van der Waals surface area contributed by atoms with Crippen LogP contribution in [-0.2, 0) is 23.5 Å². The Labute approximate surface area is 201 Å². The summed E-state index contributed by atoms with van der Waals surface area (Å²) in [6.07, 6.45) is 2.79. The van der Waals surface area contributed by atoms with Crippen molar-refractivity contribution in [1.29, 1.82) is 0 Å². The average Bonchev–Trinajstić information content (AvgIpc) is 3.41. The zero-order valence-corrected chi connectivity index (χ0v) is 20.3. The summed E-state index contributed by atoms with van der Waals surface area (Å²) in [5, 5.41) is 4.45. The molecule has 3 heterocycles. The van der Waals surface area contributed by atoms with Gasteiger partial charge in [-0.05, 0) is 43.7 Å². The van der Waals surface area contributed by atoms with Gasteiger partial charge in [0.05, 0.1) is 33.8 Å². The van der Waals surface area contributed by atoms with Gasteiger partial charge in [0.25, 0.3) is 15.6 Å². The Morgan fingerprint density at radius 1 is 1.11 bits per heavy atom. The van der Waals surface area contributed by atoms with Crippen molar-refractivity contribution < 1.29 is 13.2 Å². The normalized spacial score (nSPS) is 12.0. The van der Waals surface area contributed by atoms with Gasteiger partial charge in [-0.1, -0.05) is 25.5 Å². The van der Waals surface area contributed by atoms with Gasteiger partial charge in [0.1, 0.15) is 23.4 Å². The van der Waals surface area contributed by atoms with Crippen molar-refractivity contribution in [3.8, 4) is 17.1 Å². The molecule has 5 rings (SSSR count). The van der Waals surface area contributed by atoms with Gasteiger partial charge in [-0.15, -0.1) is 0 Å². The highest BCUT2D eigenvalue weighted by Gasteiger charge is 2.23. The smallest absolute Gasteiger partial charge is 0.277 e. The Morgan fingerprint density at radius 2 is 1.91 bits per heavy atom. The molecule has 0 spiro atoms. The van der Waals surface area contributed by atoms with Crippen molar-refractivity contribution in [1.82, 2.24) is 28.7 Å². The molecule has 0 unspecified atom stereocenters. The van der Waals surface area contributed by atoms with E-state index in [4.69, 9.17) is 9.72 Å². The van der Waals surface area contributed by atoms with E-state index in [0.717, 1.165) is 10.4 Å². The number of fused-ring (bicyclic) bond motifs is 2. The Morgan fingerprint density at radius 3 is 2.69 bits per heavy atom. The van der Waals surface area contributed by atoms with Crippen molar-refractivity contribution in [2.45, 2.75) is 31.6 Å². The number of hydrogen-bond donors (Lipinski definition) is 1. The van der Waals surface area contributed by atoms with Crippen LogP contribution in [0.15, 0.2) is 58.5 Å². The van der Waals surface area contributed by atoms with E-state index in [-0.39, 0.29) is 16.3 Å². The number of ether oxygens (including phenoxy) is 1. The summed E-state index contributed by atoms with van der Waals surface area (Å²) < 4.78 is 35.5. The first-order valence-corrected chi connectivity index (χ1v) is 12.7. The molecule has 0 saturated carbocycles. The number of benzene rings is 2. The van der Waals surface area contributed by atoms with Crippen LogP contribution in [0.2, 0.25) is 0 Å². The highest BCUT2D eigenvalue weighted by Crippen LogP contribution is 2.32. The second-order valence-corrected chi connectivity index (χ2v) is 9.87. The van der Waals surface area contributed by atoms with Crippen LogP contribution in [-0.4, -0.2) is 43.7 Å². The second kappa shape index (κ2) is 8.66. The molecule has 11 heteroatoms. The largest absolute Gasteiger partial charge is 0.493 e. The standard InChI is InChI=1S/C24H24N6O4S/c1-4-8-18-21-22(29(3)28-18)24(31)27-23(26-21)16-13-15(11-12-20(16)34-5-2)35(32,33)30-14-25-17-9-6-7-10-19(17)30/h6-7,9-14H,4-5,8H2,1-3H3,(H,26,27,31). The third kappa shape index (κ3) is 3.77. The van der Waals surface area contributed by atoms with Crippen LogP contribution in [0.25, 0.3) is 33.5 Å². The van der Waals surface area contributed by atoms with Crippen molar-refractivity contribution in [3.63, 3.8) is 0 Å². The van der Waals surface area contributed by atoms with Gasteiger partial charge in [0, 0.05) is 7.05 Å². The second-order valence-electron chi connectivity index (χ2n) is 8.06. The molecular formula is C24H24N6O4S. The van der Waals surface area contributed by atoms with Crippen molar-refractivity contribution in [2.24, 2.45) is 7.05 Å². The van der Waals surface area contributed by atoms with E-state index in [2.05, 4.69) is 15.1 Å². The molecule has 0 amide bonds. The van der Waals surface area contributed by atoms with Crippen LogP contribution in [0, 0.1) is 0 Å². The molecular weight excluding hydrogens is 468 g/mol. The van der Waals surface area contributed by atoms with Crippen LogP contribution in [0.1, 0.15) is 26.0 Å². The number of para-hydroxylation sites is 2. The van der Waals surface area contributed by atoms with E-state index in [1.807, 2.05) is 13.8 Å². The fraction of sp³-hybridized carbons (Fsp3) is 0.250. The van der Waals surface area contributed by atoms with Gasteiger partial charge in [-0.25, -0.2) is 22.4 Å². The van der Waals surface area contributed by atoms with E-state index in [1.165, 1.54) is 23.1 Å². The van der Waals surface area contributed by atoms with Gasteiger partial charge in [0.15, 0.2) is 5.52 Å². The zero-order chi connectivity index (χ0) is 24.7. The molecule has 10 nitrogen and oxygen atoms in total. The summed E-state index contributed by atoms with van der Waals surface area (Å²) in [6.45, 7) is 4.20. The summed E-state index contributed by atoms with van der Waals surface area (Å²) in [7, 11) is -2.29. The summed E-state index contributed by atoms with van der Waals surface area (Å²) in [5.74, 6) is 0.620. The lowest BCUT2D eigenvalue weighted by atomic mass is 10.1. The van der Waals surface area contributed by atoms with Gasteiger partial charge >= 0.3 is 0 Å². The molecule has 0 aliphatic carbocycles. The lowest BCUT2D eigenvalue weighted by molar-refractivity contribution is 0.341. The molecule has 0 saturated heterocycles. The first kappa shape index (κ1) is 22.8. The van der Waals surface area contributed by atoms with E-state index in [0.29, 0.717) is 52.1 Å². The average molecular weight is 493 g/mol. The molecule has 5 aromatic rings. The maximum absolute atomic E-state index is 13.6. The number of aromatic nitrogens is 6. The molecule has 180 valence electrons. The quantitative estimate of drug-likeness (QED) is 0.370. The monoisotopic (exact) mass is 492 g/mol. The van der Waals surface area contributed by atoms with E-state index >= 15 is 0 Å². The molecule has 0 aliphatic rings. The lowest BCUT2D eigenvalue weighted by Gasteiger charge is -2.13. The van der Waals surface area contributed by atoms with Crippen molar-refractivity contribution >= 4 is 32.1 Å². The molecule has 2 aromatic carbocycles. The summed E-state index contributed by atoms with van der Waals surface area (Å²) in [4.78, 5) is 24.7. The number of imidazole rings is 1. The lowest BCUT2D eigenvalue weighted by Crippen LogP contribution is -2.14. The molecule has 1 N–H and O–H groups in total. The summed E-state index contributed by atoms with van der Waals surface area (Å²) in [6, 6.07) is 11.5. The number of H-pyrrole nitrogens is 1. The number of rotatable bonds is 7. The number of hydrogen-bond acceptors (Lipinski definition) is 7. The fourth-order valence-electron chi connectivity index (χ4n) is 4.16. The van der Waals surface area contributed by atoms with Crippen molar-refractivity contribution in [3.05, 3.63) is 64.8 Å². The third-order valence-corrected chi connectivity index (χ3v) is 7.39. The van der Waals surface area contributed by atoms with E-state index in [9.17, 15) is 13.2 Å². The molecule has 0 bridgehead atoms. The maximum atomic E-state index is 13.6. The minimum absolute atomic E-state index is 0.0156. The van der Waals surface area contributed by atoms with Crippen LogP contribution < -0.4 is 10.3 Å². The molecule has 0 radical (unpaired) electrons. The van der Waals surface area contributed by atoms with Crippen molar-refractivity contribution in [2.75, 3.05) is 6.61 Å². The zero-order valence-electron chi connectivity index (χ0n) is 19.5. The van der Waals surface area contributed by atoms with Gasteiger partial charge in [-0.2, -0.15) is 5.10 Å². The fourth-order valence-corrected chi connectivity index (χ4v) is 5.48. The van der Waals surface area contributed by atoms with Crippen LogP contribution in [0.3, 0.4) is 0 Å². The van der Waals surface area contributed by atoms with Crippen LogP contribution in [0.4, 0.5) is 0 Å². The number of nitrogens with one attached hydrogen (secondary N) is 1. The topological polar surface area (TPSA) is 125 Å². The summed E-state index contributed by atoms with van der Waals surface area (Å²) in [5.41, 5.74) is 2.60. The van der Waals surface area contributed by atoms with E-state index < -0.39 is 10.0 Å². The van der Waals surface area contributed by atoms with Gasteiger partial charge in [0.2, 0.25) is 0 Å². The minimum Gasteiger partial charge on any atom is -0.493 e. The molecule has 0 atom stereocenters. The predicted octanol–water partition coefficient (Wildman–Crippen LogP) is 3.26. The molecule has 0 aliphatic heterocycles. The molecule has 0 fully saturated rings. The molecule has 35 heavy (non-hydrogen) atoms. The first-order valence-electron chi connectivity index (χ1n) is 11.3. The van der Waals surface area contributed by atoms with Crippen LogP contribution in [0.5, 0.6) is 5.75 Å². The molecule has 3 aromatic heterocycles. The maximum Gasteiger partial charge on any atom is 0.277 e. The van der Waals surface area contributed by atoms with Gasteiger partial charge < -0.3 is 9.72 Å². The summed E-state index contributed by atoms with van der Waals surface area (Å²) >= 11 is 0. The number of aryl methyl sites for hydroxylation is 2. The van der Waals surface area contributed by atoms with Crippen LogP contribution >= 0.6 is 0 Å². The number of aromatic amines is 1. The predicted molar refractivity (Wildman–Crippen MR) is 132 cm³/mol. The minimum atomic E-state index is -3.99. The Bertz CT molecular complexity index is 1730. The SMILES string of the molecule is CCCc1nn(C)c2c(=O)[nH]c(-c3cc(S(=O)(=O)n4cnc5ccccc54)ccc3OCC)nc12. The van der Waals surface area contributed by atoms with E-state index in [1.54, 1.807) is 37.4 Å². The van der Waals surface area contributed by atoms with Gasteiger partial charge in [-0.3, -0.25) is 9.48 Å².